The van der Waals surface area contributed by atoms with Crippen LogP contribution >= 0.6 is 11.6 Å². The molecule has 2 aromatic rings. The van der Waals surface area contributed by atoms with Crippen molar-refractivity contribution >= 4 is 34.3 Å². The summed E-state index contributed by atoms with van der Waals surface area (Å²) < 4.78 is 5.76. The Morgan fingerprint density at radius 3 is 3.04 bits per heavy atom. The van der Waals surface area contributed by atoms with Gasteiger partial charge in [0.15, 0.2) is 0 Å². The summed E-state index contributed by atoms with van der Waals surface area (Å²) in [6.07, 6.45) is -0.0417. The minimum atomic E-state index is -0.835. The van der Waals surface area contributed by atoms with Gasteiger partial charge >= 0.3 is 5.97 Å². The Bertz CT molecular complexity index is 740. The van der Waals surface area contributed by atoms with Crippen LogP contribution in [0.4, 0.5) is 5.82 Å². The molecule has 1 saturated heterocycles. The monoisotopic (exact) mass is 349 g/mol. The topological polar surface area (TPSA) is 65.9 Å². The first-order valence-electron chi connectivity index (χ1n) is 7.84. The normalized spacial score (nSPS) is 18.3. The second kappa shape index (κ2) is 7.34. The van der Waals surface area contributed by atoms with Crippen molar-refractivity contribution in [1.82, 2.24) is 9.88 Å². The molecule has 0 amide bonds. The number of hydrogen-bond acceptors (Lipinski definition) is 5. The molecule has 1 N–H and O–H groups in total. The maximum atomic E-state index is 10.8. The first kappa shape index (κ1) is 17.0. The van der Waals surface area contributed by atoms with Crippen molar-refractivity contribution in [3.63, 3.8) is 0 Å². The van der Waals surface area contributed by atoms with Crippen molar-refractivity contribution in [1.29, 1.82) is 0 Å². The van der Waals surface area contributed by atoms with E-state index in [0.29, 0.717) is 24.7 Å². The average molecular weight is 350 g/mol. The van der Waals surface area contributed by atoms with Gasteiger partial charge in [0.1, 0.15) is 5.82 Å². The zero-order chi connectivity index (χ0) is 17.1. The van der Waals surface area contributed by atoms with Crippen LogP contribution in [0.25, 0.3) is 10.9 Å². The van der Waals surface area contributed by atoms with Gasteiger partial charge in [-0.1, -0.05) is 17.7 Å². The van der Waals surface area contributed by atoms with E-state index in [4.69, 9.17) is 26.4 Å². The van der Waals surface area contributed by atoms with E-state index in [1.54, 1.807) is 11.9 Å². The Labute approximate surface area is 145 Å². The predicted molar refractivity (Wildman–Crippen MR) is 93.8 cm³/mol. The quantitative estimate of drug-likeness (QED) is 0.891. The number of morpholine rings is 1. The highest BCUT2D eigenvalue weighted by Crippen LogP contribution is 2.22. The number of halogens is 1. The van der Waals surface area contributed by atoms with Gasteiger partial charge < -0.3 is 14.7 Å². The van der Waals surface area contributed by atoms with Gasteiger partial charge in [0.2, 0.25) is 0 Å². The molecule has 0 bridgehead atoms. The Morgan fingerprint density at radius 2 is 2.25 bits per heavy atom. The van der Waals surface area contributed by atoms with E-state index in [0.717, 1.165) is 23.3 Å². The maximum absolute atomic E-state index is 10.8. The molecule has 1 aliphatic rings. The first-order valence-corrected chi connectivity index (χ1v) is 8.22. The minimum Gasteiger partial charge on any atom is -0.480 e. The molecule has 0 saturated carbocycles. The molecule has 3 rings (SSSR count). The highest BCUT2D eigenvalue weighted by Gasteiger charge is 2.23. The van der Waals surface area contributed by atoms with Crippen LogP contribution in [0, 0.1) is 0 Å². The number of fused-ring (bicyclic) bond motifs is 1. The van der Waals surface area contributed by atoms with Crippen LogP contribution in [0.1, 0.15) is 0 Å². The van der Waals surface area contributed by atoms with Crippen LogP contribution in [0.3, 0.4) is 0 Å². The molecule has 0 spiro atoms. The van der Waals surface area contributed by atoms with Crippen molar-refractivity contribution in [2.45, 2.75) is 6.10 Å². The molecule has 1 aromatic heterocycles. The largest absolute Gasteiger partial charge is 0.480 e. The molecule has 1 unspecified atom stereocenters. The van der Waals surface area contributed by atoms with Crippen LogP contribution in [-0.2, 0) is 9.53 Å². The summed E-state index contributed by atoms with van der Waals surface area (Å²) in [4.78, 5) is 19.4. The Hall–Kier alpha value is -1.89. The molecule has 2 heterocycles. The fourth-order valence-electron chi connectivity index (χ4n) is 2.94. The number of rotatable bonds is 5. The number of aliphatic carboxylic acids is 1. The minimum absolute atomic E-state index is 0.00653. The number of anilines is 1. The molecular weight excluding hydrogens is 330 g/mol. The summed E-state index contributed by atoms with van der Waals surface area (Å²) in [6.45, 7) is 2.62. The maximum Gasteiger partial charge on any atom is 0.317 e. The molecule has 24 heavy (non-hydrogen) atoms. The number of carboxylic acid groups (broad SMARTS) is 1. The number of benzene rings is 1. The van der Waals surface area contributed by atoms with Crippen LogP contribution in [-0.4, -0.2) is 66.9 Å². The number of pyridine rings is 1. The van der Waals surface area contributed by atoms with Crippen LogP contribution in [0.15, 0.2) is 30.3 Å². The van der Waals surface area contributed by atoms with Gasteiger partial charge in [-0.2, -0.15) is 0 Å². The molecule has 0 radical (unpaired) electrons. The molecule has 7 heteroatoms. The fraction of sp³-hybridized carbons (Fsp3) is 0.412. The summed E-state index contributed by atoms with van der Waals surface area (Å²) in [5, 5.41) is 10.6. The van der Waals surface area contributed by atoms with Crippen molar-refractivity contribution in [2.75, 3.05) is 44.7 Å². The molecule has 1 aromatic carbocycles. The fourth-order valence-corrected chi connectivity index (χ4v) is 3.10. The molecule has 128 valence electrons. The smallest absolute Gasteiger partial charge is 0.317 e. The van der Waals surface area contributed by atoms with Crippen LogP contribution in [0.2, 0.25) is 5.02 Å². The average Bonchev–Trinajstić information content (AvgIpc) is 2.53. The SMILES string of the molecule is CN(CC(=O)O)CC1CN(c2ccc3ccc(Cl)cc3n2)CCO1. The lowest BCUT2D eigenvalue weighted by Crippen LogP contribution is -2.48. The van der Waals surface area contributed by atoms with Crippen molar-refractivity contribution in [3.8, 4) is 0 Å². The standard InChI is InChI=1S/C17H20ClN3O3/c1-20(11-17(22)23)9-14-10-21(6-7-24-14)16-5-3-12-2-4-13(18)8-15(12)19-16/h2-5,8,14H,6-7,9-11H2,1H3,(H,22,23). The summed E-state index contributed by atoms with van der Waals surface area (Å²) in [7, 11) is 1.78. The van der Waals surface area contributed by atoms with Gasteiger partial charge in [0.05, 0.1) is 24.8 Å². The third-order valence-electron chi connectivity index (χ3n) is 4.02. The summed E-state index contributed by atoms with van der Waals surface area (Å²) >= 11 is 6.05. The number of aromatic nitrogens is 1. The third kappa shape index (κ3) is 4.14. The lowest BCUT2D eigenvalue weighted by Gasteiger charge is -2.35. The summed E-state index contributed by atoms with van der Waals surface area (Å²) in [6, 6.07) is 9.71. The molecule has 6 nitrogen and oxygen atoms in total. The van der Waals surface area contributed by atoms with E-state index in [9.17, 15) is 4.79 Å². The van der Waals surface area contributed by atoms with Crippen LogP contribution < -0.4 is 4.90 Å². The number of ether oxygens (including phenoxy) is 1. The number of likely N-dealkylation sites (N-methyl/N-ethyl adjacent to an activating group) is 1. The van der Waals surface area contributed by atoms with Crippen molar-refractivity contribution in [3.05, 3.63) is 35.4 Å². The summed E-state index contributed by atoms with van der Waals surface area (Å²) in [5.41, 5.74) is 0.867. The Balaban J connectivity index is 1.71. The van der Waals surface area contributed by atoms with Crippen molar-refractivity contribution < 1.29 is 14.6 Å². The molecular formula is C17H20ClN3O3. The number of nitrogens with zero attached hydrogens (tertiary/aromatic N) is 3. The number of carbonyl (C=O) groups is 1. The third-order valence-corrected chi connectivity index (χ3v) is 4.26. The lowest BCUT2D eigenvalue weighted by atomic mass is 10.2. The van der Waals surface area contributed by atoms with E-state index >= 15 is 0 Å². The van der Waals surface area contributed by atoms with E-state index in [2.05, 4.69) is 4.90 Å². The predicted octanol–water partition coefficient (Wildman–Crippen LogP) is 2.11. The summed E-state index contributed by atoms with van der Waals surface area (Å²) in [5.74, 6) is 0.0530. The van der Waals surface area contributed by atoms with Gasteiger partial charge in [-0.3, -0.25) is 9.69 Å². The zero-order valence-corrected chi connectivity index (χ0v) is 14.2. The van der Waals surface area contributed by atoms with Gasteiger partial charge in [0.25, 0.3) is 0 Å². The highest BCUT2D eigenvalue weighted by molar-refractivity contribution is 6.31. The molecule has 1 fully saturated rings. The van der Waals surface area contributed by atoms with Crippen molar-refractivity contribution in [2.24, 2.45) is 0 Å². The van der Waals surface area contributed by atoms with Gasteiger partial charge in [0, 0.05) is 30.0 Å². The number of hydrogen-bond donors (Lipinski definition) is 1. The van der Waals surface area contributed by atoms with E-state index in [1.165, 1.54) is 0 Å². The van der Waals surface area contributed by atoms with E-state index in [-0.39, 0.29) is 12.6 Å². The van der Waals surface area contributed by atoms with E-state index < -0.39 is 5.97 Å². The molecule has 1 aliphatic heterocycles. The lowest BCUT2D eigenvalue weighted by molar-refractivity contribution is -0.138. The Kier molecular flexibility index (Phi) is 5.18. The first-order chi connectivity index (χ1) is 11.5. The van der Waals surface area contributed by atoms with E-state index in [1.807, 2.05) is 30.3 Å². The highest BCUT2D eigenvalue weighted by atomic mass is 35.5. The molecule has 0 aliphatic carbocycles. The zero-order valence-electron chi connectivity index (χ0n) is 13.5. The van der Waals surface area contributed by atoms with Crippen LogP contribution in [0.5, 0.6) is 0 Å². The van der Waals surface area contributed by atoms with Gasteiger partial charge in [-0.15, -0.1) is 0 Å². The molecule has 1 atom stereocenters. The second-order valence-corrected chi connectivity index (χ2v) is 6.47. The second-order valence-electron chi connectivity index (χ2n) is 6.04. The van der Waals surface area contributed by atoms with Gasteiger partial charge in [-0.25, -0.2) is 4.98 Å². The Morgan fingerprint density at radius 1 is 1.46 bits per heavy atom. The number of carboxylic acids is 1. The van der Waals surface area contributed by atoms with Gasteiger partial charge in [-0.05, 0) is 31.3 Å².